The molecular formula is C15H18ClN3O2. The average Bonchev–Trinajstić information content (AvgIpc) is 2.70. The van der Waals surface area contributed by atoms with Gasteiger partial charge in [-0.25, -0.2) is 0 Å². The number of rotatable bonds is 6. The molecule has 112 valence electrons. The van der Waals surface area contributed by atoms with Crippen LogP contribution in [0.5, 0.6) is 0 Å². The number of aryl methyl sites for hydroxylation is 2. The summed E-state index contributed by atoms with van der Waals surface area (Å²) in [5.41, 5.74) is 3.04. The van der Waals surface area contributed by atoms with Crippen molar-refractivity contribution in [3.8, 4) is 0 Å². The van der Waals surface area contributed by atoms with Crippen LogP contribution in [0.2, 0.25) is 5.02 Å². The van der Waals surface area contributed by atoms with Gasteiger partial charge in [0.15, 0.2) is 0 Å². The van der Waals surface area contributed by atoms with Crippen LogP contribution < -0.4 is 0 Å². The monoisotopic (exact) mass is 307 g/mol. The van der Waals surface area contributed by atoms with Crippen molar-refractivity contribution in [2.75, 3.05) is 6.54 Å². The topological polar surface area (TPSA) is 58.4 Å². The zero-order valence-corrected chi connectivity index (χ0v) is 12.8. The van der Waals surface area contributed by atoms with Gasteiger partial charge in [0.25, 0.3) is 0 Å². The molecule has 1 aromatic heterocycles. The van der Waals surface area contributed by atoms with Gasteiger partial charge in [-0.2, -0.15) is 5.10 Å². The number of hydrogen-bond acceptors (Lipinski definition) is 3. The Labute approximate surface area is 128 Å². The Kier molecular flexibility index (Phi) is 4.98. The number of benzene rings is 1. The zero-order chi connectivity index (χ0) is 15.4. The van der Waals surface area contributed by atoms with Gasteiger partial charge in [-0.3, -0.25) is 14.4 Å². The molecule has 0 unspecified atom stereocenters. The molecule has 2 rings (SSSR count). The summed E-state index contributed by atoms with van der Waals surface area (Å²) in [6.07, 6.45) is 1.57. The van der Waals surface area contributed by atoms with Crippen LogP contribution in [0.15, 0.2) is 30.5 Å². The Hall–Kier alpha value is -1.85. The van der Waals surface area contributed by atoms with E-state index in [2.05, 4.69) is 11.2 Å². The smallest absolute Gasteiger partial charge is 0.317 e. The van der Waals surface area contributed by atoms with Crippen molar-refractivity contribution < 1.29 is 9.90 Å². The molecule has 6 heteroatoms. The summed E-state index contributed by atoms with van der Waals surface area (Å²) >= 11 is 6.10. The highest BCUT2D eigenvalue weighted by atomic mass is 35.5. The fourth-order valence-electron chi connectivity index (χ4n) is 2.25. The molecule has 0 saturated carbocycles. The second-order valence-electron chi connectivity index (χ2n) is 5.09. The van der Waals surface area contributed by atoms with Crippen molar-refractivity contribution >= 4 is 17.6 Å². The summed E-state index contributed by atoms with van der Waals surface area (Å²) in [6.45, 7) is 2.96. The van der Waals surface area contributed by atoms with Crippen LogP contribution in [-0.4, -0.2) is 32.3 Å². The Bertz CT molecular complexity index is 620. The van der Waals surface area contributed by atoms with Gasteiger partial charge in [-0.05, 0) is 12.5 Å². The van der Waals surface area contributed by atoms with Gasteiger partial charge in [0, 0.05) is 20.1 Å². The minimum atomic E-state index is -0.860. The second-order valence-corrected chi connectivity index (χ2v) is 5.50. The third-order valence-electron chi connectivity index (χ3n) is 3.23. The number of hydrogen-bond donors (Lipinski definition) is 1. The highest BCUT2D eigenvalue weighted by molar-refractivity contribution is 6.31. The number of aliphatic carboxylic acids is 1. The lowest BCUT2D eigenvalue weighted by molar-refractivity contribution is -0.138. The number of carboxylic acid groups (broad SMARTS) is 1. The SMILES string of the molecule is Cc1cccc(CN(CC(=O)O)Cc2c(Cl)cnn2C)c1. The zero-order valence-electron chi connectivity index (χ0n) is 12.1. The average molecular weight is 308 g/mol. The molecule has 1 heterocycles. The lowest BCUT2D eigenvalue weighted by Gasteiger charge is -2.21. The Balaban J connectivity index is 2.16. The first-order valence-electron chi connectivity index (χ1n) is 6.62. The lowest BCUT2D eigenvalue weighted by atomic mass is 10.1. The lowest BCUT2D eigenvalue weighted by Crippen LogP contribution is -2.30. The molecular weight excluding hydrogens is 290 g/mol. The van der Waals surface area contributed by atoms with Crippen molar-refractivity contribution in [2.24, 2.45) is 7.05 Å². The first-order chi connectivity index (χ1) is 9.95. The van der Waals surface area contributed by atoms with Gasteiger partial charge in [0.1, 0.15) is 0 Å². The molecule has 1 aromatic carbocycles. The second kappa shape index (κ2) is 6.74. The van der Waals surface area contributed by atoms with Crippen molar-refractivity contribution in [1.29, 1.82) is 0 Å². The standard InChI is InChI=1S/C15H18ClN3O2/c1-11-4-3-5-12(6-11)8-19(10-15(20)21)9-14-13(16)7-17-18(14)2/h3-7H,8-10H2,1-2H3,(H,20,21). The van der Waals surface area contributed by atoms with Gasteiger partial charge in [0.05, 0.1) is 23.5 Å². The van der Waals surface area contributed by atoms with E-state index in [-0.39, 0.29) is 6.54 Å². The summed E-state index contributed by atoms with van der Waals surface area (Å²) in [4.78, 5) is 12.9. The first kappa shape index (κ1) is 15.5. The summed E-state index contributed by atoms with van der Waals surface area (Å²) in [6, 6.07) is 8.04. The van der Waals surface area contributed by atoms with Gasteiger partial charge in [0.2, 0.25) is 0 Å². The van der Waals surface area contributed by atoms with Gasteiger partial charge < -0.3 is 5.11 Å². The molecule has 21 heavy (non-hydrogen) atoms. The molecule has 0 spiro atoms. The van der Waals surface area contributed by atoms with Crippen molar-refractivity contribution in [1.82, 2.24) is 14.7 Å². The fourth-order valence-corrected chi connectivity index (χ4v) is 2.48. The molecule has 0 amide bonds. The summed E-state index contributed by atoms with van der Waals surface area (Å²) < 4.78 is 1.67. The highest BCUT2D eigenvalue weighted by Gasteiger charge is 2.15. The van der Waals surface area contributed by atoms with Crippen molar-refractivity contribution in [3.63, 3.8) is 0 Å². The third-order valence-corrected chi connectivity index (χ3v) is 3.55. The maximum atomic E-state index is 11.1. The van der Waals surface area contributed by atoms with Crippen molar-refractivity contribution in [3.05, 3.63) is 52.3 Å². The molecule has 0 radical (unpaired) electrons. The molecule has 5 nitrogen and oxygen atoms in total. The minimum absolute atomic E-state index is 0.0462. The number of nitrogens with zero attached hydrogens (tertiary/aromatic N) is 3. The van der Waals surface area contributed by atoms with Gasteiger partial charge in [-0.15, -0.1) is 0 Å². The van der Waals surface area contributed by atoms with E-state index in [1.807, 2.05) is 30.0 Å². The van der Waals surface area contributed by atoms with Crippen LogP contribution in [0.4, 0.5) is 0 Å². The van der Waals surface area contributed by atoms with E-state index in [1.165, 1.54) is 0 Å². The third kappa shape index (κ3) is 4.31. The van der Waals surface area contributed by atoms with E-state index in [0.29, 0.717) is 18.1 Å². The summed E-state index contributed by atoms with van der Waals surface area (Å²) in [5, 5.41) is 13.7. The van der Waals surface area contributed by atoms with Crippen LogP contribution in [-0.2, 0) is 24.9 Å². The van der Waals surface area contributed by atoms with Gasteiger partial charge >= 0.3 is 5.97 Å². The maximum Gasteiger partial charge on any atom is 0.317 e. The Morgan fingerprint density at radius 1 is 1.43 bits per heavy atom. The number of aromatic nitrogens is 2. The molecule has 0 fully saturated rings. The quantitative estimate of drug-likeness (QED) is 0.890. The molecule has 0 aliphatic heterocycles. The minimum Gasteiger partial charge on any atom is -0.480 e. The molecule has 0 aliphatic rings. The predicted octanol–water partition coefficient (Wildman–Crippen LogP) is 2.47. The van der Waals surface area contributed by atoms with E-state index in [1.54, 1.807) is 17.9 Å². The van der Waals surface area contributed by atoms with E-state index >= 15 is 0 Å². The summed E-state index contributed by atoms with van der Waals surface area (Å²) in [5.74, 6) is -0.860. The van der Waals surface area contributed by atoms with Crippen LogP contribution >= 0.6 is 11.6 Å². The van der Waals surface area contributed by atoms with Crippen LogP contribution in [0.3, 0.4) is 0 Å². The largest absolute Gasteiger partial charge is 0.480 e. The normalized spacial score (nSPS) is 11.0. The van der Waals surface area contributed by atoms with Crippen LogP contribution in [0, 0.1) is 6.92 Å². The van der Waals surface area contributed by atoms with Crippen LogP contribution in [0.25, 0.3) is 0 Å². The Morgan fingerprint density at radius 3 is 2.76 bits per heavy atom. The maximum absolute atomic E-state index is 11.1. The fraction of sp³-hybridized carbons (Fsp3) is 0.333. The number of carboxylic acids is 1. The van der Waals surface area contributed by atoms with Crippen LogP contribution in [0.1, 0.15) is 16.8 Å². The Morgan fingerprint density at radius 2 is 2.19 bits per heavy atom. The molecule has 0 aliphatic carbocycles. The number of carbonyl (C=O) groups is 1. The predicted molar refractivity (Wildman–Crippen MR) is 81.1 cm³/mol. The molecule has 0 saturated heterocycles. The van der Waals surface area contributed by atoms with Crippen molar-refractivity contribution in [2.45, 2.75) is 20.0 Å². The van der Waals surface area contributed by atoms with Gasteiger partial charge in [-0.1, -0.05) is 41.4 Å². The van der Waals surface area contributed by atoms with E-state index in [4.69, 9.17) is 16.7 Å². The van der Waals surface area contributed by atoms with E-state index in [9.17, 15) is 4.79 Å². The molecule has 0 atom stereocenters. The molecule has 2 aromatic rings. The van der Waals surface area contributed by atoms with E-state index < -0.39 is 5.97 Å². The summed E-state index contributed by atoms with van der Waals surface area (Å²) in [7, 11) is 1.80. The highest BCUT2D eigenvalue weighted by Crippen LogP contribution is 2.18. The molecule has 0 bridgehead atoms. The van der Waals surface area contributed by atoms with E-state index in [0.717, 1.165) is 16.8 Å². The molecule has 1 N–H and O–H groups in total. The first-order valence-corrected chi connectivity index (χ1v) is 6.99. The number of halogens is 1.